The van der Waals surface area contributed by atoms with Crippen LogP contribution in [0.5, 0.6) is 0 Å². The molecule has 0 heterocycles. The summed E-state index contributed by atoms with van der Waals surface area (Å²) in [6.07, 6.45) is -0.945. The van der Waals surface area contributed by atoms with Gasteiger partial charge in [-0.15, -0.1) is 0 Å². The Morgan fingerprint density at radius 2 is 1.88 bits per heavy atom. The fourth-order valence-electron chi connectivity index (χ4n) is 2.15. The van der Waals surface area contributed by atoms with Gasteiger partial charge in [0.2, 0.25) is 0 Å². The van der Waals surface area contributed by atoms with Crippen molar-refractivity contribution in [2.24, 2.45) is 5.73 Å². The van der Waals surface area contributed by atoms with Gasteiger partial charge in [-0.2, -0.15) is 0 Å². The van der Waals surface area contributed by atoms with Gasteiger partial charge in [-0.3, -0.25) is 0 Å². The molecule has 134 valence electrons. The molecule has 0 aliphatic carbocycles. The molecule has 6 heteroatoms. The van der Waals surface area contributed by atoms with Gasteiger partial charge in [0.15, 0.2) is 6.10 Å². The van der Waals surface area contributed by atoms with Gasteiger partial charge in [0.1, 0.15) is 11.6 Å². The second kappa shape index (κ2) is 8.26. The number of hydrogen-bond acceptors (Lipinski definition) is 5. The van der Waals surface area contributed by atoms with Gasteiger partial charge in [-0.25, -0.2) is 9.59 Å². The molecule has 0 spiro atoms. The molecule has 6 nitrogen and oxygen atoms in total. The van der Waals surface area contributed by atoms with Crippen LogP contribution in [-0.4, -0.2) is 34.9 Å². The summed E-state index contributed by atoms with van der Waals surface area (Å²) in [6, 6.07) is 6.04. The second-order valence-electron chi connectivity index (χ2n) is 6.97. The molecule has 1 rings (SSSR count). The molecular formula is C18H27NO5. The Labute approximate surface area is 142 Å². The maximum Gasteiger partial charge on any atom is 0.333 e. The monoisotopic (exact) mass is 337 g/mol. The van der Waals surface area contributed by atoms with Crippen molar-refractivity contribution in [3.05, 3.63) is 35.4 Å². The van der Waals surface area contributed by atoms with Gasteiger partial charge in [-0.05, 0) is 45.7 Å². The van der Waals surface area contributed by atoms with Crippen LogP contribution in [0.1, 0.15) is 51.8 Å². The Morgan fingerprint density at radius 1 is 1.25 bits per heavy atom. The van der Waals surface area contributed by atoms with Crippen LogP contribution in [0.3, 0.4) is 0 Å². The first-order valence-corrected chi connectivity index (χ1v) is 7.95. The third-order valence-electron chi connectivity index (χ3n) is 3.10. The predicted molar refractivity (Wildman–Crippen MR) is 90.6 cm³/mol. The predicted octanol–water partition coefficient (Wildman–Crippen LogP) is 2.45. The topological polar surface area (TPSA) is 98.9 Å². The number of nitrogens with two attached hydrogens (primary N) is 1. The number of rotatable bonds is 7. The first kappa shape index (κ1) is 20.1. The van der Waals surface area contributed by atoms with Crippen molar-refractivity contribution in [3.63, 3.8) is 0 Å². The normalized spacial score (nSPS) is 14.3. The third-order valence-corrected chi connectivity index (χ3v) is 3.10. The lowest BCUT2D eigenvalue weighted by atomic mass is 10.0. The molecule has 3 N–H and O–H groups in total. The van der Waals surface area contributed by atoms with E-state index in [9.17, 15) is 14.7 Å². The van der Waals surface area contributed by atoms with E-state index in [-0.39, 0.29) is 12.5 Å². The molecule has 0 saturated heterocycles. The first-order chi connectivity index (χ1) is 11.0. The number of benzene rings is 1. The minimum absolute atomic E-state index is 0.196. The molecule has 0 fully saturated rings. The van der Waals surface area contributed by atoms with E-state index in [1.54, 1.807) is 58.9 Å². The largest absolute Gasteiger partial charge is 0.479 e. The number of esters is 1. The van der Waals surface area contributed by atoms with Crippen molar-refractivity contribution in [3.8, 4) is 0 Å². The molecule has 0 saturated carbocycles. The maximum atomic E-state index is 12.1. The summed E-state index contributed by atoms with van der Waals surface area (Å²) in [5.41, 5.74) is 6.66. The van der Waals surface area contributed by atoms with E-state index in [4.69, 9.17) is 15.2 Å². The molecule has 2 unspecified atom stereocenters. The molecule has 0 aromatic heterocycles. The van der Waals surface area contributed by atoms with Crippen LogP contribution in [0.25, 0.3) is 0 Å². The van der Waals surface area contributed by atoms with Crippen LogP contribution in [0.15, 0.2) is 24.3 Å². The SMILES string of the molecule is CC(C)OC(Cc1cccc(C(N)C(=O)OC(C)(C)C)c1)C(=O)O. The van der Waals surface area contributed by atoms with E-state index in [0.29, 0.717) is 5.56 Å². The molecule has 0 amide bonds. The van der Waals surface area contributed by atoms with Crippen LogP contribution in [0.4, 0.5) is 0 Å². The number of ether oxygens (including phenoxy) is 2. The highest BCUT2D eigenvalue weighted by Gasteiger charge is 2.25. The average molecular weight is 337 g/mol. The minimum Gasteiger partial charge on any atom is -0.479 e. The second-order valence-corrected chi connectivity index (χ2v) is 6.97. The van der Waals surface area contributed by atoms with E-state index in [2.05, 4.69) is 0 Å². The molecule has 2 atom stereocenters. The van der Waals surface area contributed by atoms with E-state index in [1.807, 2.05) is 0 Å². The lowest BCUT2D eigenvalue weighted by Gasteiger charge is -2.22. The van der Waals surface area contributed by atoms with E-state index < -0.39 is 29.7 Å². The first-order valence-electron chi connectivity index (χ1n) is 7.95. The van der Waals surface area contributed by atoms with Crippen molar-refractivity contribution in [2.75, 3.05) is 0 Å². The zero-order valence-electron chi connectivity index (χ0n) is 14.9. The van der Waals surface area contributed by atoms with Gasteiger partial charge < -0.3 is 20.3 Å². The van der Waals surface area contributed by atoms with E-state index in [1.165, 1.54) is 0 Å². The standard InChI is InChI=1S/C18H27NO5/c1-11(2)23-14(16(20)21)10-12-7-6-8-13(9-12)15(19)17(22)24-18(3,4)5/h6-9,11,14-15H,10,19H2,1-5H3,(H,20,21). The summed E-state index contributed by atoms with van der Waals surface area (Å²) in [6.45, 7) is 8.88. The smallest absolute Gasteiger partial charge is 0.333 e. The Kier molecular flexibility index (Phi) is 6.93. The summed E-state index contributed by atoms with van der Waals surface area (Å²) in [4.78, 5) is 23.4. The van der Waals surface area contributed by atoms with Gasteiger partial charge in [-0.1, -0.05) is 24.3 Å². The van der Waals surface area contributed by atoms with Gasteiger partial charge in [0, 0.05) is 6.42 Å². The highest BCUT2D eigenvalue weighted by atomic mass is 16.6. The lowest BCUT2D eigenvalue weighted by molar-refractivity contribution is -0.156. The van der Waals surface area contributed by atoms with Gasteiger partial charge in [0.25, 0.3) is 0 Å². The Bertz CT molecular complexity index is 577. The average Bonchev–Trinajstić information content (AvgIpc) is 2.43. The summed E-state index contributed by atoms with van der Waals surface area (Å²) in [5.74, 6) is -1.54. The fourth-order valence-corrected chi connectivity index (χ4v) is 2.15. The molecule has 0 bridgehead atoms. The lowest BCUT2D eigenvalue weighted by Crippen LogP contribution is -2.32. The number of carbonyl (C=O) groups excluding carboxylic acids is 1. The summed E-state index contributed by atoms with van der Waals surface area (Å²) in [5, 5.41) is 9.25. The Hall–Kier alpha value is -1.92. The van der Waals surface area contributed by atoms with E-state index >= 15 is 0 Å². The molecule has 0 radical (unpaired) electrons. The van der Waals surface area contributed by atoms with Crippen LogP contribution >= 0.6 is 0 Å². The van der Waals surface area contributed by atoms with Crippen molar-refractivity contribution in [1.29, 1.82) is 0 Å². The Balaban J connectivity index is 2.89. The molecule has 1 aromatic rings. The highest BCUT2D eigenvalue weighted by molar-refractivity contribution is 5.78. The van der Waals surface area contributed by atoms with Gasteiger partial charge in [0.05, 0.1) is 6.10 Å². The zero-order valence-corrected chi connectivity index (χ0v) is 14.9. The van der Waals surface area contributed by atoms with Crippen molar-refractivity contribution >= 4 is 11.9 Å². The van der Waals surface area contributed by atoms with Crippen molar-refractivity contribution in [1.82, 2.24) is 0 Å². The molecule has 0 aliphatic rings. The van der Waals surface area contributed by atoms with Crippen LogP contribution in [-0.2, 0) is 25.5 Å². The number of hydrogen-bond donors (Lipinski definition) is 2. The molecule has 24 heavy (non-hydrogen) atoms. The van der Waals surface area contributed by atoms with Crippen LogP contribution in [0, 0.1) is 0 Å². The Morgan fingerprint density at radius 3 is 2.38 bits per heavy atom. The number of carboxylic acid groups (broad SMARTS) is 1. The molecular weight excluding hydrogens is 310 g/mol. The van der Waals surface area contributed by atoms with Crippen LogP contribution < -0.4 is 5.73 Å². The molecule has 1 aromatic carbocycles. The third kappa shape index (κ3) is 6.68. The number of carboxylic acids is 1. The van der Waals surface area contributed by atoms with E-state index in [0.717, 1.165) is 5.56 Å². The summed E-state index contributed by atoms with van der Waals surface area (Å²) in [7, 11) is 0. The quantitative estimate of drug-likeness (QED) is 0.742. The maximum absolute atomic E-state index is 12.1. The number of aliphatic carboxylic acids is 1. The zero-order chi connectivity index (χ0) is 18.5. The van der Waals surface area contributed by atoms with Gasteiger partial charge >= 0.3 is 11.9 Å². The minimum atomic E-state index is -1.02. The van der Waals surface area contributed by atoms with Crippen molar-refractivity contribution < 1.29 is 24.2 Å². The van der Waals surface area contributed by atoms with Crippen LogP contribution in [0.2, 0.25) is 0 Å². The summed E-state index contributed by atoms with van der Waals surface area (Å²) < 4.78 is 10.7. The highest BCUT2D eigenvalue weighted by Crippen LogP contribution is 2.19. The summed E-state index contributed by atoms with van der Waals surface area (Å²) >= 11 is 0. The number of carbonyl (C=O) groups is 2. The fraction of sp³-hybridized carbons (Fsp3) is 0.556. The molecule has 0 aliphatic heterocycles. The van der Waals surface area contributed by atoms with Crippen molar-refractivity contribution in [2.45, 2.75) is 64.9 Å².